The molecule has 3 aromatic carbocycles. The van der Waals surface area contributed by atoms with Crippen LogP contribution in [-0.2, 0) is 32.6 Å². The van der Waals surface area contributed by atoms with Gasteiger partial charge >= 0.3 is 0 Å². The summed E-state index contributed by atoms with van der Waals surface area (Å²) >= 11 is 18.7. The number of halogens is 3. The van der Waals surface area contributed by atoms with Crippen LogP contribution in [0.5, 0.6) is 0 Å². The van der Waals surface area contributed by atoms with Gasteiger partial charge in [-0.3, -0.25) is 13.9 Å². The van der Waals surface area contributed by atoms with E-state index in [1.807, 2.05) is 44.2 Å². The molecule has 1 N–H and O–H groups in total. The van der Waals surface area contributed by atoms with Crippen molar-refractivity contribution in [1.29, 1.82) is 0 Å². The van der Waals surface area contributed by atoms with E-state index in [0.29, 0.717) is 10.6 Å². The molecule has 0 spiro atoms. The Bertz CT molecular complexity index is 1400. The van der Waals surface area contributed by atoms with Gasteiger partial charge in [-0.2, -0.15) is 0 Å². The third-order valence-corrected chi connectivity index (χ3v) is 7.76. The minimum atomic E-state index is -3.94. The third kappa shape index (κ3) is 8.86. The lowest BCUT2D eigenvalue weighted by Crippen LogP contribution is -2.54. The number of anilines is 1. The van der Waals surface area contributed by atoms with Gasteiger partial charge in [0.05, 0.1) is 11.9 Å². The Kier molecular flexibility index (Phi) is 10.7. The summed E-state index contributed by atoms with van der Waals surface area (Å²) in [6.45, 7) is 3.05. The summed E-state index contributed by atoms with van der Waals surface area (Å²) in [4.78, 5) is 28.9. The van der Waals surface area contributed by atoms with E-state index in [0.717, 1.165) is 16.1 Å². The SMILES string of the molecule is CC(C)NC(=O)[C@@H](Cc1ccccc1)N(Cc1ccccc1Cl)C(=O)CN(c1cc(Cl)cc(Cl)c1)S(C)(=O)=O. The second-order valence-electron chi connectivity index (χ2n) is 9.38. The zero-order chi connectivity index (χ0) is 28.7. The van der Waals surface area contributed by atoms with Crippen molar-refractivity contribution in [3.8, 4) is 0 Å². The van der Waals surface area contributed by atoms with Crippen LogP contribution in [0.3, 0.4) is 0 Å². The Morgan fingerprint density at radius 2 is 1.49 bits per heavy atom. The molecule has 3 rings (SSSR count). The molecule has 7 nitrogen and oxygen atoms in total. The molecule has 39 heavy (non-hydrogen) atoms. The number of hydrogen-bond acceptors (Lipinski definition) is 4. The zero-order valence-electron chi connectivity index (χ0n) is 21.8. The topological polar surface area (TPSA) is 86.8 Å². The fourth-order valence-corrected chi connectivity index (χ4v) is 5.59. The monoisotopic (exact) mass is 609 g/mol. The lowest BCUT2D eigenvalue weighted by Gasteiger charge is -2.34. The van der Waals surface area contributed by atoms with Gasteiger partial charge < -0.3 is 10.2 Å². The third-order valence-electron chi connectivity index (χ3n) is 5.82. The standard InChI is InChI=1S/C28H30Cl3N3O4S/c1-19(2)32-28(36)26(13-20-9-5-4-6-10-20)33(17-21-11-7-8-12-25(21)31)27(35)18-34(39(3,37)38)24-15-22(29)14-23(30)16-24/h4-12,14-16,19,26H,13,17-18H2,1-3H3,(H,32,36)/t26-/m1/s1. The summed E-state index contributed by atoms with van der Waals surface area (Å²) in [6, 6.07) is 19.4. The highest BCUT2D eigenvalue weighted by Crippen LogP contribution is 2.28. The molecule has 0 heterocycles. The number of nitrogens with zero attached hydrogens (tertiary/aromatic N) is 2. The van der Waals surface area contributed by atoms with Crippen molar-refractivity contribution in [1.82, 2.24) is 10.2 Å². The Balaban J connectivity index is 2.08. The highest BCUT2D eigenvalue weighted by molar-refractivity contribution is 7.92. The van der Waals surface area contributed by atoms with Crippen LogP contribution >= 0.6 is 34.8 Å². The molecule has 3 aromatic rings. The summed E-state index contributed by atoms with van der Waals surface area (Å²) in [5.74, 6) is -0.970. The molecule has 0 fully saturated rings. The zero-order valence-corrected chi connectivity index (χ0v) is 24.9. The van der Waals surface area contributed by atoms with Crippen molar-refractivity contribution in [3.05, 3.63) is 99.0 Å². The number of sulfonamides is 1. The summed E-state index contributed by atoms with van der Waals surface area (Å²) in [5, 5.41) is 3.74. The Morgan fingerprint density at radius 1 is 0.897 bits per heavy atom. The Labute approximate surface area is 244 Å². The highest BCUT2D eigenvalue weighted by atomic mass is 35.5. The largest absolute Gasteiger partial charge is 0.352 e. The van der Waals surface area contributed by atoms with Crippen molar-refractivity contribution >= 4 is 62.3 Å². The van der Waals surface area contributed by atoms with E-state index in [9.17, 15) is 18.0 Å². The molecule has 0 unspecified atom stereocenters. The molecule has 0 aliphatic heterocycles. The fourth-order valence-electron chi connectivity index (χ4n) is 4.04. The number of amides is 2. The Hall–Kier alpha value is -2.78. The van der Waals surface area contributed by atoms with Crippen LogP contribution in [0.25, 0.3) is 0 Å². The van der Waals surface area contributed by atoms with Crippen LogP contribution in [-0.4, -0.2) is 50.0 Å². The number of carbonyl (C=O) groups is 2. The molecule has 0 aliphatic rings. The minimum Gasteiger partial charge on any atom is -0.352 e. The number of benzene rings is 3. The van der Waals surface area contributed by atoms with E-state index < -0.39 is 28.5 Å². The predicted octanol–water partition coefficient (Wildman–Crippen LogP) is 5.58. The van der Waals surface area contributed by atoms with Crippen LogP contribution in [0, 0.1) is 0 Å². The van der Waals surface area contributed by atoms with Gasteiger partial charge in [-0.15, -0.1) is 0 Å². The molecule has 0 saturated heterocycles. The van der Waals surface area contributed by atoms with Gasteiger partial charge in [0.1, 0.15) is 12.6 Å². The number of rotatable bonds is 11. The number of nitrogens with one attached hydrogen (secondary N) is 1. The predicted molar refractivity (Wildman–Crippen MR) is 158 cm³/mol. The van der Waals surface area contributed by atoms with Gasteiger partial charge in [-0.1, -0.05) is 83.3 Å². The lowest BCUT2D eigenvalue weighted by atomic mass is 10.0. The summed E-state index contributed by atoms with van der Waals surface area (Å²) in [6.07, 6.45) is 1.19. The van der Waals surface area contributed by atoms with E-state index in [1.165, 1.54) is 23.1 Å². The maximum Gasteiger partial charge on any atom is 0.244 e. The molecule has 0 aliphatic carbocycles. The second-order valence-corrected chi connectivity index (χ2v) is 12.6. The van der Waals surface area contributed by atoms with Crippen LogP contribution in [0.2, 0.25) is 15.1 Å². The van der Waals surface area contributed by atoms with Crippen molar-refractivity contribution in [3.63, 3.8) is 0 Å². The molecular formula is C28H30Cl3N3O4S. The first-order chi connectivity index (χ1) is 18.3. The average Bonchev–Trinajstić information content (AvgIpc) is 2.84. The highest BCUT2D eigenvalue weighted by Gasteiger charge is 2.33. The molecule has 0 bridgehead atoms. The average molecular weight is 611 g/mol. The van der Waals surface area contributed by atoms with Crippen LogP contribution < -0.4 is 9.62 Å². The van der Waals surface area contributed by atoms with Gasteiger partial charge in [0.25, 0.3) is 0 Å². The quantitative estimate of drug-likeness (QED) is 0.307. The summed E-state index contributed by atoms with van der Waals surface area (Å²) in [5.41, 5.74) is 1.58. The van der Waals surface area contributed by atoms with E-state index in [1.54, 1.807) is 24.3 Å². The number of carbonyl (C=O) groups excluding carboxylic acids is 2. The van der Waals surface area contributed by atoms with Gasteiger partial charge in [-0.25, -0.2) is 8.42 Å². The first kappa shape index (κ1) is 30.8. The molecule has 0 aromatic heterocycles. The molecule has 0 radical (unpaired) electrons. The summed E-state index contributed by atoms with van der Waals surface area (Å²) < 4.78 is 26.6. The molecule has 2 amide bonds. The fraction of sp³-hybridized carbons (Fsp3) is 0.286. The van der Waals surface area contributed by atoms with Crippen molar-refractivity contribution in [2.45, 2.75) is 38.9 Å². The van der Waals surface area contributed by atoms with Crippen LogP contribution in [0.1, 0.15) is 25.0 Å². The summed E-state index contributed by atoms with van der Waals surface area (Å²) in [7, 11) is -3.94. The van der Waals surface area contributed by atoms with Crippen LogP contribution in [0.15, 0.2) is 72.8 Å². The first-order valence-electron chi connectivity index (χ1n) is 12.2. The van der Waals surface area contributed by atoms with E-state index in [2.05, 4.69) is 5.32 Å². The van der Waals surface area contributed by atoms with E-state index in [4.69, 9.17) is 34.8 Å². The molecule has 208 valence electrons. The second kappa shape index (κ2) is 13.5. The van der Waals surface area contributed by atoms with E-state index >= 15 is 0 Å². The maximum atomic E-state index is 14.0. The minimum absolute atomic E-state index is 0.0184. The number of hydrogen-bond donors (Lipinski definition) is 1. The first-order valence-corrected chi connectivity index (χ1v) is 15.1. The Morgan fingerprint density at radius 3 is 2.05 bits per heavy atom. The maximum absolute atomic E-state index is 14.0. The normalized spacial score (nSPS) is 12.2. The molecule has 0 saturated carbocycles. The van der Waals surface area contributed by atoms with E-state index in [-0.39, 0.29) is 40.6 Å². The molecular weight excluding hydrogens is 581 g/mol. The molecule has 1 atom stereocenters. The smallest absolute Gasteiger partial charge is 0.244 e. The molecule has 11 heteroatoms. The van der Waals surface area contributed by atoms with Gasteiger partial charge in [0, 0.05) is 34.1 Å². The van der Waals surface area contributed by atoms with Gasteiger partial charge in [0.2, 0.25) is 21.8 Å². The lowest BCUT2D eigenvalue weighted by molar-refractivity contribution is -0.140. The van der Waals surface area contributed by atoms with Crippen LogP contribution in [0.4, 0.5) is 5.69 Å². The van der Waals surface area contributed by atoms with Crippen molar-refractivity contribution < 1.29 is 18.0 Å². The van der Waals surface area contributed by atoms with Crippen molar-refractivity contribution in [2.75, 3.05) is 17.1 Å². The van der Waals surface area contributed by atoms with Gasteiger partial charge in [0.15, 0.2) is 0 Å². The van der Waals surface area contributed by atoms with Crippen molar-refractivity contribution in [2.24, 2.45) is 0 Å². The van der Waals surface area contributed by atoms with Gasteiger partial charge in [-0.05, 0) is 49.2 Å².